The summed E-state index contributed by atoms with van der Waals surface area (Å²) in [5.41, 5.74) is 2.50. The zero-order valence-electron chi connectivity index (χ0n) is 10.9. The predicted molar refractivity (Wildman–Crippen MR) is 71.3 cm³/mol. The van der Waals surface area contributed by atoms with Crippen LogP contribution in [0.2, 0.25) is 0 Å². The van der Waals surface area contributed by atoms with Gasteiger partial charge in [0.2, 0.25) is 5.91 Å². The molecule has 0 aliphatic carbocycles. The molecule has 0 radical (unpaired) electrons. The molecular formula is C15H20N2O. The van der Waals surface area contributed by atoms with Crippen LogP contribution in [-0.4, -0.2) is 30.4 Å². The average molecular weight is 244 g/mol. The van der Waals surface area contributed by atoms with Gasteiger partial charge < -0.3 is 10.2 Å². The standard InChI is InChI=1S/C15H20N2O/c1-11-6-7-17(10-11)15(18)14-9-16-8-12-4-2-3-5-13(12)14/h2-5,11,14,16H,6-10H2,1H3. The van der Waals surface area contributed by atoms with Gasteiger partial charge in [0.25, 0.3) is 0 Å². The van der Waals surface area contributed by atoms with E-state index in [1.165, 1.54) is 11.1 Å². The molecule has 2 aliphatic rings. The molecule has 1 aromatic rings. The highest BCUT2D eigenvalue weighted by Gasteiger charge is 2.32. The summed E-state index contributed by atoms with van der Waals surface area (Å²) in [5.74, 6) is 0.972. The highest BCUT2D eigenvalue weighted by molar-refractivity contribution is 5.85. The molecule has 2 heterocycles. The first-order chi connectivity index (χ1) is 8.75. The third-order valence-electron chi connectivity index (χ3n) is 4.13. The fourth-order valence-electron chi connectivity index (χ4n) is 3.07. The summed E-state index contributed by atoms with van der Waals surface area (Å²) in [6.45, 7) is 5.74. The van der Waals surface area contributed by atoms with Gasteiger partial charge in [-0.05, 0) is 23.5 Å². The van der Waals surface area contributed by atoms with Crippen molar-refractivity contribution < 1.29 is 4.79 Å². The second-order valence-corrected chi connectivity index (χ2v) is 5.56. The SMILES string of the molecule is CC1CCN(C(=O)C2CNCc3ccccc32)C1. The van der Waals surface area contributed by atoms with Gasteiger partial charge in [0.1, 0.15) is 0 Å². The molecule has 96 valence electrons. The van der Waals surface area contributed by atoms with Crippen molar-refractivity contribution >= 4 is 5.91 Å². The lowest BCUT2D eigenvalue weighted by atomic mass is 9.90. The quantitative estimate of drug-likeness (QED) is 0.816. The Bertz CT molecular complexity index is 458. The molecule has 0 saturated carbocycles. The Labute approximate surface area is 108 Å². The van der Waals surface area contributed by atoms with Crippen molar-refractivity contribution in [2.24, 2.45) is 5.92 Å². The van der Waals surface area contributed by atoms with E-state index in [4.69, 9.17) is 0 Å². The van der Waals surface area contributed by atoms with Crippen molar-refractivity contribution in [1.82, 2.24) is 10.2 Å². The Morgan fingerprint density at radius 2 is 2.22 bits per heavy atom. The number of hydrogen-bond donors (Lipinski definition) is 1. The van der Waals surface area contributed by atoms with Crippen LogP contribution in [0, 0.1) is 5.92 Å². The maximum Gasteiger partial charge on any atom is 0.231 e. The topological polar surface area (TPSA) is 32.3 Å². The van der Waals surface area contributed by atoms with Gasteiger partial charge in [-0.15, -0.1) is 0 Å². The minimum absolute atomic E-state index is 0.0141. The zero-order valence-corrected chi connectivity index (χ0v) is 10.9. The molecule has 1 fully saturated rings. The highest BCUT2D eigenvalue weighted by atomic mass is 16.2. The van der Waals surface area contributed by atoms with E-state index < -0.39 is 0 Å². The first-order valence-electron chi connectivity index (χ1n) is 6.83. The van der Waals surface area contributed by atoms with Crippen molar-refractivity contribution in [3.05, 3.63) is 35.4 Å². The minimum atomic E-state index is 0.0141. The molecule has 0 spiro atoms. The number of rotatable bonds is 1. The zero-order chi connectivity index (χ0) is 12.5. The van der Waals surface area contributed by atoms with E-state index in [9.17, 15) is 4.79 Å². The summed E-state index contributed by atoms with van der Waals surface area (Å²) in [6.07, 6.45) is 1.15. The molecule has 1 aromatic carbocycles. The molecule has 3 heteroatoms. The van der Waals surface area contributed by atoms with E-state index in [1.807, 2.05) is 17.0 Å². The van der Waals surface area contributed by atoms with Crippen LogP contribution in [0.3, 0.4) is 0 Å². The minimum Gasteiger partial charge on any atom is -0.342 e. The summed E-state index contributed by atoms with van der Waals surface area (Å²) >= 11 is 0. The number of hydrogen-bond acceptors (Lipinski definition) is 2. The number of carbonyl (C=O) groups is 1. The maximum absolute atomic E-state index is 12.6. The Kier molecular flexibility index (Phi) is 3.08. The van der Waals surface area contributed by atoms with Gasteiger partial charge in [-0.25, -0.2) is 0 Å². The van der Waals surface area contributed by atoms with E-state index in [-0.39, 0.29) is 5.92 Å². The summed E-state index contributed by atoms with van der Waals surface area (Å²) in [4.78, 5) is 14.6. The van der Waals surface area contributed by atoms with Crippen molar-refractivity contribution in [3.63, 3.8) is 0 Å². The molecule has 1 amide bonds. The molecule has 18 heavy (non-hydrogen) atoms. The number of nitrogens with zero attached hydrogens (tertiary/aromatic N) is 1. The number of benzene rings is 1. The number of nitrogens with one attached hydrogen (secondary N) is 1. The van der Waals surface area contributed by atoms with Crippen LogP contribution in [0.5, 0.6) is 0 Å². The molecule has 3 rings (SSSR count). The van der Waals surface area contributed by atoms with E-state index in [1.54, 1.807) is 0 Å². The third-order valence-corrected chi connectivity index (χ3v) is 4.13. The molecule has 1 saturated heterocycles. The fourth-order valence-corrected chi connectivity index (χ4v) is 3.07. The first-order valence-corrected chi connectivity index (χ1v) is 6.83. The van der Waals surface area contributed by atoms with Crippen LogP contribution in [0.4, 0.5) is 0 Å². The molecule has 0 bridgehead atoms. The van der Waals surface area contributed by atoms with Crippen molar-refractivity contribution in [1.29, 1.82) is 0 Å². The van der Waals surface area contributed by atoms with E-state index in [2.05, 4.69) is 24.4 Å². The van der Waals surface area contributed by atoms with Gasteiger partial charge in [0, 0.05) is 26.2 Å². The van der Waals surface area contributed by atoms with Crippen molar-refractivity contribution in [2.75, 3.05) is 19.6 Å². The molecule has 0 aromatic heterocycles. The van der Waals surface area contributed by atoms with Crippen LogP contribution in [0.1, 0.15) is 30.4 Å². The van der Waals surface area contributed by atoms with Gasteiger partial charge >= 0.3 is 0 Å². The molecular weight excluding hydrogens is 224 g/mol. The second kappa shape index (κ2) is 4.73. The van der Waals surface area contributed by atoms with Gasteiger partial charge in [0.05, 0.1) is 5.92 Å². The Hall–Kier alpha value is -1.35. The number of likely N-dealkylation sites (tertiary alicyclic amines) is 1. The molecule has 2 atom stereocenters. The van der Waals surface area contributed by atoms with Gasteiger partial charge in [-0.3, -0.25) is 4.79 Å². The summed E-state index contributed by atoms with van der Waals surface area (Å²) in [6, 6.07) is 8.31. The number of fused-ring (bicyclic) bond motifs is 1. The first kappa shape index (κ1) is 11.7. The largest absolute Gasteiger partial charge is 0.342 e. The fraction of sp³-hybridized carbons (Fsp3) is 0.533. The van der Waals surface area contributed by atoms with Gasteiger partial charge in [-0.2, -0.15) is 0 Å². The summed E-state index contributed by atoms with van der Waals surface area (Å²) in [7, 11) is 0. The lowest BCUT2D eigenvalue weighted by molar-refractivity contribution is -0.131. The monoisotopic (exact) mass is 244 g/mol. The van der Waals surface area contributed by atoms with Crippen molar-refractivity contribution in [2.45, 2.75) is 25.8 Å². The van der Waals surface area contributed by atoms with Crippen LogP contribution in [0.15, 0.2) is 24.3 Å². The van der Waals surface area contributed by atoms with E-state index in [0.29, 0.717) is 11.8 Å². The molecule has 2 aliphatic heterocycles. The molecule has 2 unspecified atom stereocenters. The highest BCUT2D eigenvalue weighted by Crippen LogP contribution is 2.27. The maximum atomic E-state index is 12.6. The number of amides is 1. The van der Waals surface area contributed by atoms with E-state index in [0.717, 1.165) is 32.6 Å². The van der Waals surface area contributed by atoms with Crippen LogP contribution in [0.25, 0.3) is 0 Å². The summed E-state index contributed by atoms with van der Waals surface area (Å²) in [5, 5.41) is 3.36. The second-order valence-electron chi connectivity index (χ2n) is 5.56. The van der Waals surface area contributed by atoms with Crippen LogP contribution in [-0.2, 0) is 11.3 Å². The normalized spacial score (nSPS) is 27.1. The third kappa shape index (κ3) is 2.03. The Morgan fingerprint density at radius 1 is 1.39 bits per heavy atom. The van der Waals surface area contributed by atoms with Crippen LogP contribution >= 0.6 is 0 Å². The lowest BCUT2D eigenvalue weighted by Crippen LogP contribution is -2.40. The molecule has 1 N–H and O–H groups in total. The van der Waals surface area contributed by atoms with Crippen molar-refractivity contribution in [3.8, 4) is 0 Å². The van der Waals surface area contributed by atoms with Gasteiger partial charge in [0.15, 0.2) is 0 Å². The predicted octanol–water partition coefficient (Wildman–Crippen LogP) is 1.74. The van der Waals surface area contributed by atoms with Gasteiger partial charge in [-0.1, -0.05) is 31.2 Å². The lowest BCUT2D eigenvalue weighted by Gasteiger charge is -2.29. The Morgan fingerprint density at radius 3 is 3.00 bits per heavy atom. The smallest absolute Gasteiger partial charge is 0.231 e. The number of carbonyl (C=O) groups excluding carboxylic acids is 1. The Balaban J connectivity index is 1.83. The average Bonchev–Trinajstić information content (AvgIpc) is 2.84. The van der Waals surface area contributed by atoms with Crippen LogP contribution < -0.4 is 5.32 Å². The summed E-state index contributed by atoms with van der Waals surface area (Å²) < 4.78 is 0. The van der Waals surface area contributed by atoms with E-state index >= 15 is 0 Å². The molecule has 3 nitrogen and oxygen atoms in total.